The van der Waals surface area contributed by atoms with Gasteiger partial charge in [-0.2, -0.15) is 0 Å². The molecule has 2 aliphatic rings. The van der Waals surface area contributed by atoms with Gasteiger partial charge in [-0.05, 0) is 61.8 Å². The number of hydrogen-bond donors (Lipinski definition) is 2. The molecule has 2 aliphatic heterocycles. The van der Waals surface area contributed by atoms with Crippen LogP contribution in [0.2, 0.25) is 0 Å². The third-order valence-corrected chi connectivity index (χ3v) is 9.84. The lowest BCUT2D eigenvalue weighted by Crippen LogP contribution is -2.56. The number of likely N-dealkylation sites (tertiary alicyclic amines) is 2. The Labute approximate surface area is 275 Å². The summed E-state index contributed by atoms with van der Waals surface area (Å²) >= 11 is 1.62. The van der Waals surface area contributed by atoms with Crippen LogP contribution in [0, 0.1) is 12.3 Å². The maximum Gasteiger partial charge on any atom is 0.243 e. The van der Waals surface area contributed by atoms with Crippen molar-refractivity contribution in [3.8, 4) is 16.2 Å². The molecule has 0 saturated carbocycles. The van der Waals surface area contributed by atoms with Crippen LogP contribution in [0.5, 0.6) is 5.75 Å². The number of pyridine rings is 1. The summed E-state index contributed by atoms with van der Waals surface area (Å²) in [5, 5.41) is 6.58. The van der Waals surface area contributed by atoms with Crippen molar-refractivity contribution in [2.75, 3.05) is 32.8 Å². The van der Waals surface area contributed by atoms with E-state index in [0.717, 1.165) is 58.7 Å². The first-order chi connectivity index (χ1) is 22.2. The van der Waals surface area contributed by atoms with Gasteiger partial charge in [0.1, 0.15) is 11.8 Å². The normalized spacial score (nSPS) is 17.4. The lowest BCUT2D eigenvalue weighted by molar-refractivity contribution is -0.142. The van der Waals surface area contributed by atoms with Crippen molar-refractivity contribution in [3.05, 3.63) is 65.1 Å². The number of unbranched alkanes of at least 4 members (excludes halogenated alkanes) is 1. The number of aryl methyl sites for hydroxylation is 1. The number of aromatic nitrogens is 2. The fraction of sp³-hybridized carbons (Fsp3) is 0.514. The minimum absolute atomic E-state index is 0.0167. The predicted octanol–water partition coefficient (Wildman–Crippen LogP) is 4.54. The molecule has 3 amide bonds. The predicted molar refractivity (Wildman–Crippen MR) is 179 cm³/mol. The Morgan fingerprint density at radius 1 is 1.15 bits per heavy atom. The van der Waals surface area contributed by atoms with Crippen molar-refractivity contribution in [2.45, 2.75) is 77.9 Å². The van der Waals surface area contributed by atoms with E-state index in [1.807, 2.05) is 36.8 Å². The number of rotatable bonds is 14. The molecule has 4 heterocycles. The van der Waals surface area contributed by atoms with Gasteiger partial charge in [-0.1, -0.05) is 45.0 Å². The van der Waals surface area contributed by atoms with Gasteiger partial charge in [-0.15, -0.1) is 11.3 Å². The summed E-state index contributed by atoms with van der Waals surface area (Å²) in [4.78, 5) is 51.4. The summed E-state index contributed by atoms with van der Waals surface area (Å²) in [6.07, 6.45) is 7.58. The minimum atomic E-state index is -0.462. The standard InChI is InChI=1S/C35H46N6O4S/c1-24-31(46-22-39-24)26-11-9-25(10-12-26)18-38-33(43)29-8-7-16-41(29)34(44)32(35(2,3)4)37-14-5-6-17-45-30-13-15-36-19-28(30)27-20-40(21-27)23-42/h9-13,15,19,22-23,27,29,32,37H,5-8,14,16-18,20-21H2,1-4H3,(H,38,43). The molecule has 0 bridgehead atoms. The number of hydrogen-bond acceptors (Lipinski definition) is 8. The molecule has 0 spiro atoms. The lowest BCUT2D eigenvalue weighted by Gasteiger charge is -2.37. The summed E-state index contributed by atoms with van der Waals surface area (Å²) < 4.78 is 6.09. The van der Waals surface area contributed by atoms with Gasteiger partial charge >= 0.3 is 0 Å². The second kappa shape index (κ2) is 15.2. The Balaban J connectivity index is 1.08. The van der Waals surface area contributed by atoms with E-state index in [-0.39, 0.29) is 23.1 Å². The molecule has 11 heteroatoms. The number of amides is 3. The number of thiazole rings is 1. The molecular formula is C35H46N6O4S. The monoisotopic (exact) mass is 646 g/mol. The van der Waals surface area contributed by atoms with E-state index in [0.29, 0.717) is 45.8 Å². The highest BCUT2D eigenvalue weighted by atomic mass is 32.1. The van der Waals surface area contributed by atoms with Gasteiger partial charge in [0.2, 0.25) is 18.2 Å². The van der Waals surface area contributed by atoms with Gasteiger partial charge in [0.25, 0.3) is 0 Å². The first-order valence-electron chi connectivity index (χ1n) is 16.2. The molecule has 5 rings (SSSR count). The topological polar surface area (TPSA) is 117 Å². The zero-order valence-corrected chi connectivity index (χ0v) is 28.1. The molecule has 2 N–H and O–H groups in total. The zero-order chi connectivity index (χ0) is 32.7. The van der Waals surface area contributed by atoms with E-state index >= 15 is 0 Å². The molecule has 46 heavy (non-hydrogen) atoms. The fourth-order valence-electron chi connectivity index (χ4n) is 6.18. The third-order valence-electron chi connectivity index (χ3n) is 8.87. The van der Waals surface area contributed by atoms with E-state index in [1.165, 1.54) is 0 Å². The largest absolute Gasteiger partial charge is 0.493 e. The molecule has 3 aromatic rings. The molecule has 1 aromatic carbocycles. The number of nitrogens with zero attached hydrogens (tertiary/aromatic N) is 4. The van der Waals surface area contributed by atoms with E-state index in [2.05, 4.69) is 53.5 Å². The van der Waals surface area contributed by atoms with Crippen molar-refractivity contribution in [1.29, 1.82) is 0 Å². The zero-order valence-electron chi connectivity index (χ0n) is 27.3. The molecule has 2 atom stereocenters. The first-order valence-corrected chi connectivity index (χ1v) is 17.1. The maximum absolute atomic E-state index is 13.9. The molecule has 2 aromatic heterocycles. The van der Waals surface area contributed by atoms with Gasteiger partial charge in [-0.3, -0.25) is 19.4 Å². The first kappa shape index (κ1) is 33.5. The summed E-state index contributed by atoms with van der Waals surface area (Å²) in [7, 11) is 0. The van der Waals surface area contributed by atoms with Crippen molar-refractivity contribution < 1.29 is 19.1 Å². The van der Waals surface area contributed by atoms with Gasteiger partial charge < -0.3 is 25.2 Å². The molecule has 2 saturated heterocycles. The van der Waals surface area contributed by atoms with Crippen molar-refractivity contribution in [1.82, 2.24) is 30.4 Å². The quantitative estimate of drug-likeness (QED) is 0.195. The van der Waals surface area contributed by atoms with Crippen LogP contribution in [0.4, 0.5) is 0 Å². The van der Waals surface area contributed by atoms with Crippen LogP contribution >= 0.6 is 11.3 Å². The fourth-order valence-corrected chi connectivity index (χ4v) is 6.99. The van der Waals surface area contributed by atoms with E-state index < -0.39 is 12.1 Å². The van der Waals surface area contributed by atoms with Gasteiger partial charge in [-0.25, -0.2) is 4.98 Å². The molecule has 246 valence electrons. The minimum Gasteiger partial charge on any atom is -0.493 e. The van der Waals surface area contributed by atoms with Crippen LogP contribution < -0.4 is 15.4 Å². The highest BCUT2D eigenvalue weighted by Gasteiger charge is 2.40. The number of nitrogens with one attached hydrogen (secondary N) is 2. The second-order valence-corrected chi connectivity index (χ2v) is 14.2. The van der Waals surface area contributed by atoms with Crippen molar-refractivity contribution >= 4 is 29.6 Å². The van der Waals surface area contributed by atoms with Crippen LogP contribution in [-0.4, -0.2) is 82.9 Å². The van der Waals surface area contributed by atoms with Crippen LogP contribution in [-0.2, 0) is 20.9 Å². The Morgan fingerprint density at radius 2 is 1.93 bits per heavy atom. The van der Waals surface area contributed by atoms with E-state index in [9.17, 15) is 14.4 Å². The summed E-state index contributed by atoms with van der Waals surface area (Å²) in [5.41, 5.74) is 5.73. The highest BCUT2D eigenvalue weighted by molar-refractivity contribution is 7.13. The van der Waals surface area contributed by atoms with Crippen molar-refractivity contribution in [2.24, 2.45) is 5.41 Å². The van der Waals surface area contributed by atoms with Gasteiger partial charge in [0, 0.05) is 50.1 Å². The number of ether oxygens (including phenoxy) is 1. The van der Waals surface area contributed by atoms with Crippen LogP contribution in [0.15, 0.2) is 48.2 Å². The number of carbonyl (C=O) groups excluding carboxylic acids is 3. The van der Waals surface area contributed by atoms with Crippen LogP contribution in [0.25, 0.3) is 10.4 Å². The molecule has 2 fully saturated rings. The lowest BCUT2D eigenvalue weighted by atomic mass is 9.85. The highest BCUT2D eigenvalue weighted by Crippen LogP contribution is 2.32. The van der Waals surface area contributed by atoms with Crippen LogP contribution in [0.3, 0.4) is 0 Å². The molecule has 0 radical (unpaired) electrons. The Kier molecular flexibility index (Phi) is 11.1. The molecular weight excluding hydrogens is 600 g/mol. The summed E-state index contributed by atoms with van der Waals surface area (Å²) in [6, 6.07) is 9.20. The van der Waals surface area contributed by atoms with E-state index in [1.54, 1.807) is 27.3 Å². The summed E-state index contributed by atoms with van der Waals surface area (Å²) in [5.74, 6) is 0.963. The maximum atomic E-state index is 13.9. The van der Waals surface area contributed by atoms with Gasteiger partial charge in [0.15, 0.2) is 0 Å². The van der Waals surface area contributed by atoms with Crippen molar-refractivity contribution in [3.63, 3.8) is 0 Å². The molecule has 10 nitrogen and oxygen atoms in total. The average molecular weight is 647 g/mol. The van der Waals surface area contributed by atoms with E-state index in [4.69, 9.17) is 4.74 Å². The van der Waals surface area contributed by atoms with Gasteiger partial charge in [0.05, 0.1) is 28.7 Å². The summed E-state index contributed by atoms with van der Waals surface area (Å²) in [6.45, 7) is 11.8. The Morgan fingerprint density at radius 3 is 2.63 bits per heavy atom. The molecule has 0 aliphatic carbocycles. The Bertz CT molecular complexity index is 1480. The third kappa shape index (κ3) is 8.11. The SMILES string of the molecule is Cc1ncsc1-c1ccc(CNC(=O)C2CCCN2C(=O)C(NCCCCOc2ccncc2C2CN(C=O)C2)C(C)(C)C)cc1. The second-order valence-electron chi connectivity index (χ2n) is 13.3. The average Bonchev–Trinajstić information content (AvgIpc) is 3.68. The number of carbonyl (C=O) groups is 3. The van der Waals surface area contributed by atoms with Crippen LogP contribution in [0.1, 0.15) is 69.2 Å². The Hall–Kier alpha value is -3.83. The smallest absolute Gasteiger partial charge is 0.243 e. The number of benzene rings is 1. The molecule has 2 unspecified atom stereocenters.